The first kappa shape index (κ1) is 13.7. The van der Waals surface area contributed by atoms with E-state index < -0.39 is 16.0 Å². The van der Waals surface area contributed by atoms with Gasteiger partial charge in [-0.25, -0.2) is 8.42 Å². The lowest BCUT2D eigenvalue weighted by atomic mass is 9.83. The topological polar surface area (TPSA) is 68.3 Å². The largest absolute Gasteiger partial charge is 0.289 e. The lowest BCUT2D eigenvalue weighted by molar-refractivity contribution is 0.0979. The van der Waals surface area contributed by atoms with Crippen LogP contribution in [0, 0.1) is 0 Å². The molecule has 0 radical (unpaired) electrons. The van der Waals surface area contributed by atoms with Gasteiger partial charge in [-0.15, -0.1) is 0 Å². The maximum atomic E-state index is 12.5. The molecular formula is C16H12O4S. The van der Waals surface area contributed by atoms with Crippen molar-refractivity contribution in [2.75, 3.05) is 0 Å². The predicted octanol–water partition coefficient (Wildman–Crippen LogP) is 2.13. The van der Waals surface area contributed by atoms with E-state index in [0.29, 0.717) is 22.3 Å². The van der Waals surface area contributed by atoms with E-state index in [0.717, 1.165) is 0 Å². The van der Waals surface area contributed by atoms with E-state index in [4.69, 9.17) is 0 Å². The summed E-state index contributed by atoms with van der Waals surface area (Å²) in [5.41, 5.74) is 1.89. The molecule has 0 saturated heterocycles. The van der Waals surface area contributed by atoms with E-state index >= 15 is 0 Å². The average Bonchev–Trinajstić information content (AvgIpc) is 2.51. The molecule has 0 aromatic heterocycles. The molecule has 4 nitrogen and oxygen atoms in total. The Balaban J connectivity index is 2.20. The number of hydrogen-bond donors (Lipinski definition) is 1. The highest BCUT2D eigenvalue weighted by atomic mass is 32.2. The summed E-state index contributed by atoms with van der Waals surface area (Å²) in [6.45, 7) is 1.55. The summed E-state index contributed by atoms with van der Waals surface area (Å²) in [5, 5.41) is -0.689. The number of carbonyl (C=O) groups excluding carboxylic acids is 2. The van der Waals surface area contributed by atoms with Crippen LogP contribution in [-0.4, -0.2) is 20.0 Å². The molecule has 1 unspecified atom stereocenters. The molecule has 0 heterocycles. The van der Waals surface area contributed by atoms with Gasteiger partial charge in [0.15, 0.2) is 11.6 Å². The number of fused-ring (bicyclic) bond motifs is 2. The lowest BCUT2D eigenvalue weighted by Gasteiger charge is -2.18. The van der Waals surface area contributed by atoms with Gasteiger partial charge in [0.1, 0.15) is 10.7 Å². The smallest absolute Gasteiger partial charge is 0.194 e. The second kappa shape index (κ2) is 4.93. The minimum atomic E-state index is -2.63. The molecule has 0 aliphatic heterocycles. The fourth-order valence-electron chi connectivity index (χ4n) is 2.50. The summed E-state index contributed by atoms with van der Waals surface area (Å²) >= 11 is 0. The van der Waals surface area contributed by atoms with Gasteiger partial charge in [-0.1, -0.05) is 30.3 Å². The average molecular weight is 300 g/mol. The summed E-state index contributed by atoms with van der Waals surface area (Å²) in [6.07, 6.45) is 0. The van der Waals surface area contributed by atoms with Crippen LogP contribution in [0.4, 0.5) is 0 Å². The highest BCUT2D eigenvalue weighted by molar-refractivity contribution is 7.72. The molecule has 1 aliphatic rings. The predicted molar refractivity (Wildman–Crippen MR) is 78.5 cm³/mol. The minimum absolute atomic E-state index is 0.203. The first-order valence-corrected chi connectivity index (χ1v) is 7.71. The molecule has 0 N–H and O–H groups in total. The van der Waals surface area contributed by atoms with Crippen molar-refractivity contribution in [3.05, 3.63) is 70.3 Å². The number of ketones is 2. The van der Waals surface area contributed by atoms with Crippen LogP contribution >= 0.6 is 0 Å². The molecule has 0 saturated carbocycles. The molecule has 0 amide bonds. The maximum absolute atomic E-state index is 12.5. The van der Waals surface area contributed by atoms with E-state index in [1.807, 2.05) is 0 Å². The molecule has 0 spiro atoms. The maximum Gasteiger partial charge on any atom is 0.194 e. The Morgan fingerprint density at radius 2 is 1.33 bits per heavy atom. The van der Waals surface area contributed by atoms with Crippen LogP contribution in [0.25, 0.3) is 0 Å². The van der Waals surface area contributed by atoms with Gasteiger partial charge in [-0.2, -0.15) is 0 Å². The van der Waals surface area contributed by atoms with Crippen molar-refractivity contribution in [1.29, 1.82) is 0 Å². The summed E-state index contributed by atoms with van der Waals surface area (Å²) in [7, 11) is -2.63. The van der Waals surface area contributed by atoms with Crippen molar-refractivity contribution in [3.8, 4) is 0 Å². The zero-order valence-corrected chi connectivity index (χ0v) is 12.1. The lowest BCUT2D eigenvalue weighted by Crippen LogP contribution is -2.21. The van der Waals surface area contributed by atoms with Gasteiger partial charge in [0.05, 0.1) is 5.25 Å². The molecule has 5 heteroatoms. The van der Waals surface area contributed by atoms with E-state index in [-0.39, 0.29) is 17.1 Å². The second-order valence-electron chi connectivity index (χ2n) is 4.97. The Morgan fingerprint density at radius 3 is 1.90 bits per heavy atom. The quantitative estimate of drug-likeness (QED) is 0.736. The number of hydrogen-bond acceptors (Lipinski definition) is 4. The van der Waals surface area contributed by atoms with Crippen molar-refractivity contribution >= 4 is 22.3 Å². The summed E-state index contributed by atoms with van der Waals surface area (Å²) in [4.78, 5) is 24.9. The zero-order valence-electron chi connectivity index (χ0n) is 11.2. The van der Waals surface area contributed by atoms with Crippen molar-refractivity contribution in [2.24, 2.45) is 0 Å². The van der Waals surface area contributed by atoms with Crippen LogP contribution in [0.5, 0.6) is 0 Å². The third-order valence-electron chi connectivity index (χ3n) is 3.75. The molecule has 0 bridgehead atoms. The fourth-order valence-corrected chi connectivity index (χ4v) is 2.90. The van der Waals surface area contributed by atoms with Gasteiger partial charge in [0.25, 0.3) is 0 Å². The Hall–Kier alpha value is -2.27. The first-order chi connectivity index (χ1) is 10.0. The van der Waals surface area contributed by atoms with Crippen molar-refractivity contribution < 1.29 is 18.0 Å². The SMILES string of the molecule is CC(c1ccc2c(c1)C(=O)c1ccccc1C2=O)[SH](=O)=O. The van der Waals surface area contributed by atoms with Crippen molar-refractivity contribution in [3.63, 3.8) is 0 Å². The Bertz CT molecular complexity index is 841. The van der Waals surface area contributed by atoms with Crippen LogP contribution in [0.2, 0.25) is 0 Å². The molecule has 3 rings (SSSR count). The standard InChI is InChI=1S/C16H12O4S/c1-9(21(19)20)10-6-7-13-14(8-10)16(18)12-5-3-2-4-11(12)15(13)17/h2-9,21H,1H3. The third-order valence-corrected chi connectivity index (χ3v) is 4.68. The van der Waals surface area contributed by atoms with Crippen LogP contribution < -0.4 is 0 Å². The van der Waals surface area contributed by atoms with Crippen LogP contribution in [0.3, 0.4) is 0 Å². The molecular weight excluding hydrogens is 288 g/mol. The van der Waals surface area contributed by atoms with Crippen LogP contribution in [-0.2, 0) is 10.7 Å². The number of rotatable bonds is 2. The van der Waals surface area contributed by atoms with Crippen molar-refractivity contribution in [2.45, 2.75) is 12.2 Å². The molecule has 106 valence electrons. The van der Waals surface area contributed by atoms with Crippen molar-refractivity contribution in [1.82, 2.24) is 0 Å². The highest BCUT2D eigenvalue weighted by Gasteiger charge is 2.29. The molecule has 21 heavy (non-hydrogen) atoms. The van der Waals surface area contributed by atoms with Gasteiger partial charge in [0.2, 0.25) is 0 Å². The van der Waals surface area contributed by atoms with Gasteiger partial charge in [-0.3, -0.25) is 9.59 Å². The molecule has 2 aromatic rings. The van der Waals surface area contributed by atoms with E-state index in [1.54, 1.807) is 37.3 Å². The minimum Gasteiger partial charge on any atom is -0.289 e. The highest BCUT2D eigenvalue weighted by Crippen LogP contribution is 2.29. The summed E-state index contributed by atoms with van der Waals surface area (Å²) in [5.74, 6) is -0.443. The van der Waals surface area contributed by atoms with Gasteiger partial charge in [0, 0.05) is 22.3 Å². The normalized spacial score (nSPS) is 14.8. The fraction of sp³-hybridized carbons (Fsp3) is 0.125. The van der Waals surface area contributed by atoms with Crippen LogP contribution in [0.1, 0.15) is 49.6 Å². The second-order valence-corrected chi connectivity index (χ2v) is 6.32. The molecule has 1 atom stereocenters. The number of thiol groups is 1. The number of carbonyl (C=O) groups is 2. The van der Waals surface area contributed by atoms with Crippen LogP contribution in [0.15, 0.2) is 42.5 Å². The zero-order chi connectivity index (χ0) is 15.1. The summed E-state index contributed by atoms with van der Waals surface area (Å²) in [6, 6.07) is 11.3. The van der Waals surface area contributed by atoms with Gasteiger partial charge < -0.3 is 0 Å². The summed E-state index contributed by atoms with van der Waals surface area (Å²) < 4.78 is 22.2. The molecule has 1 aliphatic carbocycles. The van der Waals surface area contributed by atoms with Gasteiger partial charge in [-0.05, 0) is 24.6 Å². The molecule has 0 fully saturated rings. The molecule has 2 aromatic carbocycles. The number of benzene rings is 2. The Kier molecular flexibility index (Phi) is 3.22. The Labute approximate surface area is 123 Å². The third kappa shape index (κ3) is 2.10. The van der Waals surface area contributed by atoms with E-state index in [1.165, 1.54) is 12.1 Å². The van der Waals surface area contributed by atoms with E-state index in [2.05, 4.69) is 0 Å². The van der Waals surface area contributed by atoms with Gasteiger partial charge >= 0.3 is 0 Å². The Morgan fingerprint density at radius 1 is 0.810 bits per heavy atom. The first-order valence-electron chi connectivity index (χ1n) is 6.46. The monoisotopic (exact) mass is 300 g/mol. The van der Waals surface area contributed by atoms with E-state index in [9.17, 15) is 18.0 Å².